The Labute approximate surface area is 630 Å². The largest absolute Gasteiger partial charge is 0.507 e. The first kappa shape index (κ1) is 76.1. The van der Waals surface area contributed by atoms with Crippen molar-refractivity contribution >= 4 is 23.9 Å². The van der Waals surface area contributed by atoms with Gasteiger partial charge in [-0.2, -0.15) is 0 Å². The highest BCUT2D eigenvalue weighted by molar-refractivity contribution is 5.91. The zero-order valence-corrected chi connectivity index (χ0v) is 61.8. The number of methoxy groups -OCH3 is 4. The van der Waals surface area contributed by atoms with Gasteiger partial charge in [0.1, 0.15) is 46.0 Å². The van der Waals surface area contributed by atoms with E-state index in [2.05, 4.69) is 0 Å². The van der Waals surface area contributed by atoms with Gasteiger partial charge in [-0.15, -0.1) is 0 Å². The maximum absolute atomic E-state index is 13.9. The highest BCUT2D eigenvalue weighted by Gasteiger charge is 2.37. The molecule has 4 fully saturated rings. The summed E-state index contributed by atoms with van der Waals surface area (Å²) in [5.74, 6) is -6.93. The Bertz CT molecular complexity index is 3850. The van der Waals surface area contributed by atoms with Gasteiger partial charge in [0, 0.05) is 92.4 Å². The normalized spacial score (nSPS) is 18.6. The monoisotopic (exact) mass is 1470 g/mol. The SMILES string of the molecule is COc1cc(O)c2cc1C(c1ccc(C(=O)OCOC3CCCCC3)cc1)c1cc(c(OC)cc1O)C(c1ccc(C(=O)OCOC3CCCCC3)cc1)c1cc(c(OC)cc1O)C(c1ccc(C(=O)OCOC3CCCCC3)cc1)c1cc(c(OC)cc1O)C2c1ccc(C(=O)OCOC2CCCCC2)cc1. The summed E-state index contributed by atoms with van der Waals surface area (Å²) < 4.78 is 72.0. The molecule has 568 valence electrons. The van der Waals surface area contributed by atoms with Crippen molar-refractivity contribution in [2.45, 2.75) is 177 Å². The van der Waals surface area contributed by atoms with Gasteiger partial charge in [-0.3, -0.25) is 0 Å². The van der Waals surface area contributed by atoms with Crippen molar-refractivity contribution in [1.29, 1.82) is 0 Å². The van der Waals surface area contributed by atoms with E-state index < -0.39 is 47.5 Å². The van der Waals surface area contributed by atoms with E-state index in [0.717, 1.165) is 128 Å². The summed E-state index contributed by atoms with van der Waals surface area (Å²) in [7, 11) is 5.85. The Balaban J connectivity index is 1.02. The van der Waals surface area contributed by atoms with Crippen LogP contribution >= 0.6 is 0 Å². The van der Waals surface area contributed by atoms with E-state index in [1.165, 1.54) is 52.7 Å². The standard InChI is InChI=1S/C88H96O20/c1-97-77-45-73(89)65-41-69(77)81(53-25-33-57(34-26-53)85(93)105-49-101-61-17-9-5-10-18-61)66-42-70(78(98-2)46-74(66)90)83(55-29-37-59(38-30-55)87(95)107-51-103-63-21-13-7-14-22-63)68-44-72(80(100-4)48-76(68)92)84(56-31-39-60(40-32-56)88(96)108-52-104-64-23-15-8-16-24-64)67-43-71(79(99-3)47-75(67)91)82(65)54-27-35-58(36-28-54)86(94)106-50-102-62-19-11-6-12-20-62/h25-48,61-64,81-84,89-92H,5-24,49-52H2,1-4H3. The van der Waals surface area contributed by atoms with Gasteiger partial charge in [0.2, 0.25) is 0 Å². The summed E-state index contributed by atoms with van der Waals surface area (Å²) in [6, 6.07) is 40.1. The van der Waals surface area contributed by atoms with Gasteiger partial charge in [0.25, 0.3) is 0 Å². The van der Waals surface area contributed by atoms with E-state index in [-0.39, 0.29) is 142 Å². The number of hydrogen-bond acceptors (Lipinski definition) is 20. The second-order valence-corrected chi connectivity index (χ2v) is 28.7. The average molecular weight is 1470 g/mol. The summed E-state index contributed by atoms with van der Waals surface area (Å²) in [5, 5.41) is 51.9. The number of fused-ring (bicyclic) bond motifs is 8. The minimum absolute atomic E-state index is 0.00749. The summed E-state index contributed by atoms with van der Waals surface area (Å²) in [6.45, 7) is -0.899. The molecule has 20 nitrogen and oxygen atoms in total. The summed E-state index contributed by atoms with van der Waals surface area (Å²) >= 11 is 0. The molecule has 4 unspecified atom stereocenters. The number of aromatic hydroxyl groups is 4. The number of rotatable bonds is 24. The summed E-state index contributed by atoms with van der Waals surface area (Å²) in [5.41, 5.74) is 5.69. The molecule has 13 rings (SSSR count). The lowest BCUT2D eigenvalue weighted by molar-refractivity contribution is -0.0755. The molecule has 8 bridgehead atoms. The van der Waals surface area contributed by atoms with Gasteiger partial charge < -0.3 is 77.3 Å². The quantitative estimate of drug-likeness (QED) is 0.0249. The highest BCUT2D eigenvalue weighted by atomic mass is 16.7. The molecule has 8 aromatic carbocycles. The smallest absolute Gasteiger partial charge is 0.340 e. The van der Waals surface area contributed by atoms with Crippen LogP contribution in [0.25, 0.3) is 0 Å². The van der Waals surface area contributed by atoms with E-state index in [4.69, 9.17) is 56.8 Å². The lowest BCUT2D eigenvalue weighted by Gasteiger charge is -2.31. The van der Waals surface area contributed by atoms with Crippen LogP contribution in [0.2, 0.25) is 0 Å². The molecule has 20 heteroatoms. The third-order valence-electron chi connectivity index (χ3n) is 22.1. The highest BCUT2D eigenvalue weighted by Crippen LogP contribution is 2.55. The third-order valence-corrected chi connectivity index (χ3v) is 22.1. The first-order valence-corrected chi connectivity index (χ1v) is 37.9. The van der Waals surface area contributed by atoms with Crippen molar-refractivity contribution in [2.75, 3.05) is 55.6 Å². The number of carbonyl (C=O) groups is 4. The number of carbonyl (C=O) groups excluding carboxylic acids is 4. The van der Waals surface area contributed by atoms with Crippen molar-refractivity contribution in [2.24, 2.45) is 0 Å². The van der Waals surface area contributed by atoms with Gasteiger partial charge in [0.15, 0.2) is 27.2 Å². The van der Waals surface area contributed by atoms with Crippen LogP contribution in [0.3, 0.4) is 0 Å². The topological polar surface area (TPSA) is 260 Å². The van der Waals surface area contributed by atoms with Gasteiger partial charge in [-0.05, 0) is 146 Å². The molecular formula is C88H96O20. The first-order chi connectivity index (χ1) is 52.7. The molecule has 4 N–H and O–H groups in total. The van der Waals surface area contributed by atoms with Crippen molar-refractivity contribution in [3.8, 4) is 46.0 Å². The lowest BCUT2D eigenvalue weighted by Crippen LogP contribution is -2.20. The fraction of sp³-hybridized carbons (Fsp3) is 0.409. The van der Waals surface area contributed by atoms with Gasteiger partial charge in [0.05, 0.1) is 75.1 Å². The Morgan fingerprint density at radius 1 is 0.269 bits per heavy atom. The number of hydrogen-bond donors (Lipinski definition) is 4. The van der Waals surface area contributed by atoms with E-state index in [9.17, 15) is 39.6 Å². The Morgan fingerprint density at radius 3 is 0.630 bits per heavy atom. The fourth-order valence-electron chi connectivity index (χ4n) is 16.3. The first-order valence-electron chi connectivity index (χ1n) is 37.9. The van der Waals surface area contributed by atoms with Crippen LogP contribution in [0.4, 0.5) is 0 Å². The molecule has 5 aliphatic carbocycles. The molecule has 0 heterocycles. The van der Waals surface area contributed by atoms with Crippen LogP contribution in [0.15, 0.2) is 146 Å². The molecule has 0 saturated heterocycles. The number of phenols is 4. The number of phenolic OH excluding ortho intramolecular Hbond substituents is 4. The summed E-state index contributed by atoms with van der Waals surface area (Å²) in [4.78, 5) is 55.7. The minimum atomic E-state index is -1.05. The number of benzene rings is 8. The van der Waals surface area contributed by atoms with Crippen molar-refractivity contribution < 1.29 is 96.4 Å². The van der Waals surface area contributed by atoms with E-state index >= 15 is 0 Å². The predicted molar refractivity (Wildman–Crippen MR) is 401 cm³/mol. The number of esters is 4. The minimum Gasteiger partial charge on any atom is -0.507 e. The second-order valence-electron chi connectivity index (χ2n) is 28.7. The molecule has 0 amide bonds. The zero-order valence-electron chi connectivity index (χ0n) is 61.8. The molecule has 0 aliphatic heterocycles. The van der Waals surface area contributed by atoms with Crippen LogP contribution < -0.4 is 18.9 Å². The van der Waals surface area contributed by atoms with Crippen molar-refractivity contribution in [1.82, 2.24) is 0 Å². The third kappa shape index (κ3) is 17.5. The van der Waals surface area contributed by atoms with E-state index in [1.807, 2.05) is 0 Å². The van der Waals surface area contributed by atoms with Gasteiger partial charge >= 0.3 is 23.9 Å². The zero-order chi connectivity index (χ0) is 75.2. The average Bonchev–Trinajstić information content (AvgIpc) is 0.737. The maximum Gasteiger partial charge on any atom is 0.340 e. The molecule has 108 heavy (non-hydrogen) atoms. The van der Waals surface area contributed by atoms with Crippen LogP contribution in [0, 0.1) is 0 Å². The Kier molecular flexibility index (Phi) is 25.2. The molecule has 8 aromatic rings. The van der Waals surface area contributed by atoms with E-state index in [1.54, 1.807) is 121 Å². The Hall–Kier alpha value is -10.1. The second kappa shape index (κ2) is 35.7. The molecule has 5 aliphatic rings. The van der Waals surface area contributed by atoms with Crippen LogP contribution in [0.1, 0.15) is 260 Å². The molecule has 4 saturated carbocycles. The van der Waals surface area contributed by atoms with Crippen LogP contribution in [-0.2, 0) is 37.9 Å². The number of ether oxygens (including phenoxy) is 12. The fourth-order valence-corrected chi connectivity index (χ4v) is 16.3. The molecule has 4 atom stereocenters. The van der Waals surface area contributed by atoms with Crippen LogP contribution in [-0.4, -0.2) is 124 Å². The Morgan fingerprint density at radius 2 is 0.454 bits per heavy atom. The predicted octanol–water partition coefficient (Wildman–Crippen LogP) is 17.4. The van der Waals surface area contributed by atoms with Crippen molar-refractivity contribution in [3.63, 3.8) is 0 Å². The summed E-state index contributed by atoms with van der Waals surface area (Å²) in [6.07, 6.45) is 19.9. The molecule has 0 radical (unpaired) electrons. The van der Waals surface area contributed by atoms with Gasteiger partial charge in [-0.1, -0.05) is 126 Å². The van der Waals surface area contributed by atoms with E-state index in [0.29, 0.717) is 44.5 Å². The maximum atomic E-state index is 13.9. The molecule has 0 spiro atoms. The molecular weight excluding hydrogens is 1380 g/mol. The molecule has 0 aromatic heterocycles. The van der Waals surface area contributed by atoms with Gasteiger partial charge in [-0.25, -0.2) is 19.2 Å². The lowest BCUT2D eigenvalue weighted by atomic mass is 9.75. The van der Waals surface area contributed by atoms with Crippen molar-refractivity contribution in [3.05, 3.63) is 235 Å². The van der Waals surface area contributed by atoms with Crippen LogP contribution in [0.5, 0.6) is 46.0 Å².